The first-order valence-electron chi connectivity index (χ1n) is 4.04. The number of hydrogen-bond acceptors (Lipinski definition) is 3. The third-order valence-electron chi connectivity index (χ3n) is 1.53. The Hall–Kier alpha value is -1.13. The van der Waals surface area contributed by atoms with E-state index in [1.54, 1.807) is 0 Å². The number of aromatic amines is 1. The van der Waals surface area contributed by atoms with Gasteiger partial charge in [0.05, 0.1) is 9.88 Å². The molecule has 0 unspecified atom stereocenters. The van der Waals surface area contributed by atoms with E-state index in [1.165, 1.54) is 11.3 Å². The number of nitrogens with one attached hydrogen (secondary N) is 1. The molecule has 0 amide bonds. The predicted octanol–water partition coefficient (Wildman–Crippen LogP) is 2.01. The van der Waals surface area contributed by atoms with Crippen LogP contribution in [0, 0.1) is 3.95 Å². The van der Waals surface area contributed by atoms with Gasteiger partial charge in [0.2, 0.25) is 0 Å². The van der Waals surface area contributed by atoms with Gasteiger partial charge in [-0.2, -0.15) is 0 Å². The van der Waals surface area contributed by atoms with Gasteiger partial charge in [-0.1, -0.05) is 18.7 Å². The van der Waals surface area contributed by atoms with Crippen molar-refractivity contribution in [2.45, 2.75) is 6.92 Å². The van der Waals surface area contributed by atoms with Gasteiger partial charge in [0.1, 0.15) is 6.26 Å². The van der Waals surface area contributed by atoms with Crippen molar-refractivity contribution in [2.75, 3.05) is 0 Å². The first kappa shape index (κ1) is 10.9. The van der Waals surface area contributed by atoms with E-state index in [2.05, 4.69) is 11.6 Å². The normalized spacial score (nSPS) is 14.1. The van der Waals surface area contributed by atoms with Crippen LogP contribution < -0.4 is 9.88 Å². The monoisotopic (exact) mass is 225 g/mol. The molecule has 2 nitrogen and oxygen atoms in total. The summed E-state index contributed by atoms with van der Waals surface area (Å²) in [6.07, 6.45) is 6.69. The van der Waals surface area contributed by atoms with Crippen LogP contribution in [0.1, 0.15) is 6.92 Å². The second kappa shape index (κ2) is 4.93. The predicted molar refractivity (Wildman–Crippen MR) is 64.3 cm³/mol. The summed E-state index contributed by atoms with van der Waals surface area (Å²) >= 11 is 6.38. The molecule has 4 heteroatoms. The summed E-state index contributed by atoms with van der Waals surface area (Å²) in [5, 5.41) is 9.54. The molecule has 2 N–H and O–H groups in total. The highest BCUT2D eigenvalue weighted by atomic mass is 32.1. The summed E-state index contributed by atoms with van der Waals surface area (Å²) in [5.74, 6) is 0. The molecule has 14 heavy (non-hydrogen) atoms. The average molecular weight is 225 g/mol. The molecule has 74 valence electrons. The van der Waals surface area contributed by atoms with Crippen LogP contribution in [0.5, 0.6) is 0 Å². The van der Waals surface area contributed by atoms with Gasteiger partial charge in [0.15, 0.2) is 3.95 Å². The highest BCUT2D eigenvalue weighted by Crippen LogP contribution is 1.95. The Morgan fingerprint density at radius 1 is 1.64 bits per heavy atom. The number of hydrogen-bond donors (Lipinski definition) is 2. The lowest BCUT2D eigenvalue weighted by atomic mass is 10.2. The first-order chi connectivity index (χ1) is 6.67. The topological polar surface area (TPSA) is 36.0 Å². The van der Waals surface area contributed by atoms with Crippen LogP contribution in [-0.4, -0.2) is 10.1 Å². The number of H-pyrrole nitrogens is 1. The lowest BCUT2D eigenvalue weighted by Gasteiger charge is -1.84. The fourth-order valence-electron chi connectivity index (χ4n) is 0.986. The first-order valence-corrected chi connectivity index (χ1v) is 5.26. The molecule has 1 aromatic rings. The molecule has 0 aliphatic heterocycles. The second-order valence-electron chi connectivity index (χ2n) is 2.64. The maximum Gasteiger partial charge on any atom is 0.159 e. The van der Waals surface area contributed by atoms with Gasteiger partial charge in [-0.3, -0.25) is 0 Å². The second-order valence-corrected chi connectivity index (χ2v) is 4.36. The third-order valence-corrected chi connectivity index (χ3v) is 2.73. The molecule has 0 atom stereocenters. The maximum atomic E-state index is 8.91. The Balaban J connectivity index is 3.32. The van der Waals surface area contributed by atoms with Crippen molar-refractivity contribution >= 4 is 35.9 Å². The van der Waals surface area contributed by atoms with Crippen LogP contribution in [-0.2, 0) is 0 Å². The van der Waals surface area contributed by atoms with Crippen LogP contribution in [0.4, 0.5) is 0 Å². The Morgan fingerprint density at radius 2 is 2.36 bits per heavy atom. The average Bonchev–Trinajstić information content (AvgIpc) is 2.46. The van der Waals surface area contributed by atoms with E-state index < -0.39 is 0 Å². The van der Waals surface area contributed by atoms with Crippen LogP contribution in [0.2, 0.25) is 0 Å². The van der Waals surface area contributed by atoms with Crippen molar-refractivity contribution in [3.05, 3.63) is 38.1 Å². The molecular weight excluding hydrogens is 214 g/mol. The van der Waals surface area contributed by atoms with Crippen LogP contribution in [0.25, 0.3) is 12.3 Å². The fraction of sp³-hybridized carbons (Fsp3) is 0.100. The Kier molecular flexibility index (Phi) is 3.85. The number of allylic oxidation sites excluding steroid dienone is 3. The van der Waals surface area contributed by atoms with Gasteiger partial charge in [-0.05, 0) is 30.8 Å². The zero-order chi connectivity index (χ0) is 10.6. The van der Waals surface area contributed by atoms with Crippen LogP contribution >= 0.6 is 23.6 Å². The number of thiazole rings is 1. The SMILES string of the molecule is C=C(/C=C\C)/C=c1\sc(=S)[nH]\c1=C\O. The number of aromatic nitrogens is 1. The van der Waals surface area contributed by atoms with E-state index in [0.717, 1.165) is 16.4 Å². The lowest BCUT2D eigenvalue weighted by Crippen LogP contribution is -2.20. The van der Waals surface area contributed by atoms with Gasteiger partial charge < -0.3 is 10.1 Å². The van der Waals surface area contributed by atoms with E-state index in [9.17, 15) is 0 Å². The molecule has 1 heterocycles. The molecule has 0 saturated carbocycles. The van der Waals surface area contributed by atoms with Crippen molar-refractivity contribution < 1.29 is 5.11 Å². The van der Waals surface area contributed by atoms with Crippen LogP contribution in [0.3, 0.4) is 0 Å². The molecule has 0 spiro atoms. The molecule has 1 rings (SSSR count). The van der Waals surface area contributed by atoms with E-state index >= 15 is 0 Å². The Labute approximate surface area is 91.2 Å². The largest absolute Gasteiger partial charge is 0.513 e. The van der Waals surface area contributed by atoms with Crippen molar-refractivity contribution in [2.24, 2.45) is 0 Å². The van der Waals surface area contributed by atoms with Crippen molar-refractivity contribution in [1.29, 1.82) is 0 Å². The zero-order valence-corrected chi connectivity index (χ0v) is 9.41. The van der Waals surface area contributed by atoms with E-state index in [4.69, 9.17) is 17.3 Å². The minimum atomic E-state index is 0.630. The molecule has 0 fully saturated rings. The molecule has 0 aliphatic rings. The highest BCUT2D eigenvalue weighted by molar-refractivity contribution is 7.73. The summed E-state index contributed by atoms with van der Waals surface area (Å²) in [5.41, 5.74) is 0.876. The highest BCUT2D eigenvalue weighted by Gasteiger charge is 1.90. The number of rotatable bonds is 2. The standard InChI is InChI=1S/C10H11NOS2/c1-3-4-7(2)5-9-8(6-12)11-10(13)14-9/h3-6,12H,2H2,1H3,(H,11,13)/b4-3-,8-6+,9-5-. The van der Waals surface area contributed by atoms with Gasteiger partial charge in [-0.15, -0.1) is 11.3 Å². The van der Waals surface area contributed by atoms with Gasteiger partial charge in [0.25, 0.3) is 0 Å². The molecule has 0 aliphatic carbocycles. The summed E-state index contributed by atoms with van der Waals surface area (Å²) in [6, 6.07) is 0. The fourth-order valence-corrected chi connectivity index (χ4v) is 2.15. The quantitative estimate of drug-likeness (QED) is 0.596. The molecule has 0 aromatic carbocycles. The van der Waals surface area contributed by atoms with E-state index in [-0.39, 0.29) is 0 Å². The zero-order valence-electron chi connectivity index (χ0n) is 7.78. The summed E-state index contributed by atoms with van der Waals surface area (Å²) in [7, 11) is 0. The molecular formula is C10H11NOS2. The van der Waals surface area contributed by atoms with Gasteiger partial charge >= 0.3 is 0 Å². The summed E-state index contributed by atoms with van der Waals surface area (Å²) in [4.78, 5) is 2.87. The van der Waals surface area contributed by atoms with Gasteiger partial charge in [-0.25, -0.2) is 0 Å². The smallest absolute Gasteiger partial charge is 0.159 e. The maximum absolute atomic E-state index is 8.91. The molecule has 0 saturated heterocycles. The Bertz CT molecular complexity index is 519. The molecule has 1 aromatic heterocycles. The van der Waals surface area contributed by atoms with Crippen molar-refractivity contribution in [3.63, 3.8) is 0 Å². The van der Waals surface area contributed by atoms with Crippen molar-refractivity contribution in [1.82, 2.24) is 4.98 Å². The molecule has 0 bridgehead atoms. The molecule has 0 radical (unpaired) electrons. The van der Waals surface area contributed by atoms with E-state index in [0.29, 0.717) is 9.30 Å². The lowest BCUT2D eigenvalue weighted by molar-refractivity contribution is 0.538. The van der Waals surface area contributed by atoms with Gasteiger partial charge in [0, 0.05) is 0 Å². The minimum absolute atomic E-state index is 0.630. The summed E-state index contributed by atoms with van der Waals surface area (Å²) < 4.78 is 1.53. The summed E-state index contributed by atoms with van der Waals surface area (Å²) in [6.45, 7) is 5.77. The van der Waals surface area contributed by atoms with Crippen LogP contribution in [0.15, 0.2) is 24.3 Å². The Morgan fingerprint density at radius 3 is 2.93 bits per heavy atom. The number of aliphatic hydroxyl groups is 1. The van der Waals surface area contributed by atoms with E-state index in [1.807, 2.05) is 25.2 Å². The number of aliphatic hydroxyl groups excluding tert-OH is 1. The van der Waals surface area contributed by atoms with Crippen molar-refractivity contribution in [3.8, 4) is 0 Å². The minimum Gasteiger partial charge on any atom is -0.513 e. The third kappa shape index (κ3) is 2.68.